The van der Waals surface area contributed by atoms with Crippen LogP contribution in [0.3, 0.4) is 0 Å². The molecule has 2 heterocycles. The third-order valence-electron chi connectivity index (χ3n) is 6.31. The van der Waals surface area contributed by atoms with Gasteiger partial charge in [0, 0.05) is 31.4 Å². The average molecular weight is 594 g/mol. The second-order valence-corrected chi connectivity index (χ2v) is 13.9. The Kier molecular flexibility index (Phi) is 8.82. The zero-order valence-electron chi connectivity index (χ0n) is 22.2. The molecule has 0 spiro atoms. The SMILES string of the molecule is CC(C)NCC(C)(C)S(=O)(=O)N(C(=O)NC(=O)c1cc(N2CCOCC2)ccc1Cl)c1nc2ccccc2s1. The summed E-state index contributed by atoms with van der Waals surface area (Å²) < 4.78 is 33.2. The van der Waals surface area contributed by atoms with Crippen LogP contribution in [0, 0.1) is 0 Å². The third-order valence-corrected chi connectivity index (χ3v) is 10.1. The number of urea groups is 1. The van der Waals surface area contributed by atoms with E-state index in [-0.39, 0.29) is 28.3 Å². The van der Waals surface area contributed by atoms with Crippen molar-refractivity contribution in [1.82, 2.24) is 15.6 Å². The molecule has 0 radical (unpaired) electrons. The summed E-state index contributed by atoms with van der Waals surface area (Å²) in [5.41, 5.74) is 1.34. The molecular weight excluding hydrogens is 562 g/mol. The molecule has 0 bridgehead atoms. The summed E-state index contributed by atoms with van der Waals surface area (Å²) in [6.45, 7) is 9.31. The maximum Gasteiger partial charge on any atom is 0.344 e. The van der Waals surface area contributed by atoms with Crippen molar-refractivity contribution < 1.29 is 22.7 Å². The number of thiazole rings is 1. The van der Waals surface area contributed by atoms with Gasteiger partial charge in [0.1, 0.15) is 0 Å². The van der Waals surface area contributed by atoms with Crippen molar-refractivity contribution in [1.29, 1.82) is 0 Å². The number of benzene rings is 2. The molecule has 1 fully saturated rings. The van der Waals surface area contributed by atoms with Crippen molar-refractivity contribution in [3.05, 3.63) is 53.1 Å². The van der Waals surface area contributed by atoms with Gasteiger partial charge < -0.3 is 15.0 Å². The number of nitrogens with zero attached hydrogens (tertiary/aromatic N) is 3. The molecule has 210 valence electrons. The highest BCUT2D eigenvalue weighted by Gasteiger charge is 2.44. The summed E-state index contributed by atoms with van der Waals surface area (Å²) >= 11 is 7.38. The van der Waals surface area contributed by atoms with E-state index in [9.17, 15) is 18.0 Å². The lowest BCUT2D eigenvalue weighted by atomic mass is 10.1. The first-order valence-corrected chi connectivity index (χ1v) is 15.2. The molecular formula is C26H32ClN5O5S2. The number of para-hydroxylation sites is 1. The Hall–Kier alpha value is -2.77. The zero-order chi connectivity index (χ0) is 28.4. The summed E-state index contributed by atoms with van der Waals surface area (Å²) in [5.74, 6) is -0.820. The second-order valence-electron chi connectivity index (χ2n) is 10.1. The molecule has 1 aromatic heterocycles. The Morgan fingerprint density at radius 2 is 1.87 bits per heavy atom. The monoisotopic (exact) mass is 593 g/mol. The van der Waals surface area contributed by atoms with E-state index in [1.807, 2.05) is 18.7 Å². The van der Waals surface area contributed by atoms with Gasteiger partial charge in [-0.2, -0.15) is 4.31 Å². The number of anilines is 2. The molecule has 39 heavy (non-hydrogen) atoms. The van der Waals surface area contributed by atoms with Crippen molar-refractivity contribution in [3.63, 3.8) is 0 Å². The summed E-state index contributed by atoms with van der Waals surface area (Å²) in [6.07, 6.45) is 0. The predicted molar refractivity (Wildman–Crippen MR) is 156 cm³/mol. The third kappa shape index (κ3) is 6.36. The molecule has 0 saturated carbocycles. The Balaban J connectivity index is 1.68. The number of morpholine rings is 1. The first-order valence-electron chi connectivity index (χ1n) is 12.5. The molecule has 1 aliphatic heterocycles. The maximum atomic E-state index is 14.0. The Morgan fingerprint density at radius 3 is 2.54 bits per heavy atom. The molecule has 2 aromatic carbocycles. The largest absolute Gasteiger partial charge is 0.378 e. The molecule has 1 aliphatic rings. The molecule has 0 unspecified atom stereocenters. The number of ether oxygens (including phenoxy) is 1. The molecule has 3 aromatic rings. The van der Waals surface area contributed by atoms with Crippen molar-refractivity contribution >= 4 is 65.9 Å². The van der Waals surface area contributed by atoms with Gasteiger partial charge in [0.05, 0.1) is 38.8 Å². The Morgan fingerprint density at radius 1 is 1.18 bits per heavy atom. The lowest BCUT2D eigenvalue weighted by Gasteiger charge is -2.31. The van der Waals surface area contributed by atoms with E-state index in [2.05, 4.69) is 15.6 Å². The number of hydrogen-bond acceptors (Lipinski definition) is 9. The minimum atomic E-state index is -4.36. The number of nitrogens with one attached hydrogen (secondary N) is 2. The number of carbonyl (C=O) groups is 2. The van der Waals surface area contributed by atoms with Crippen LogP contribution in [0.25, 0.3) is 10.2 Å². The summed E-state index contributed by atoms with van der Waals surface area (Å²) in [7, 11) is -4.36. The highest BCUT2D eigenvalue weighted by Crippen LogP contribution is 2.34. The van der Waals surface area contributed by atoms with Crippen LogP contribution in [0.4, 0.5) is 15.6 Å². The standard InChI is InChI=1S/C26H32ClN5O5S2/c1-17(2)28-16-26(3,4)39(35,36)32(25-29-21-7-5-6-8-22(21)38-25)24(34)30-23(33)19-15-18(9-10-20(19)27)31-11-13-37-14-12-31/h5-10,15,17,28H,11-14,16H2,1-4H3,(H,30,33,34). The lowest BCUT2D eigenvalue weighted by molar-refractivity contribution is 0.0966. The van der Waals surface area contributed by atoms with Gasteiger partial charge in [0.2, 0.25) is 5.13 Å². The van der Waals surface area contributed by atoms with Crippen LogP contribution in [0.5, 0.6) is 0 Å². The van der Waals surface area contributed by atoms with Crippen molar-refractivity contribution in [2.75, 3.05) is 42.1 Å². The Labute approximate surface area is 237 Å². The molecule has 2 N–H and O–H groups in total. The van der Waals surface area contributed by atoms with Crippen molar-refractivity contribution in [2.24, 2.45) is 0 Å². The van der Waals surface area contributed by atoms with Gasteiger partial charge in [-0.3, -0.25) is 10.1 Å². The van der Waals surface area contributed by atoms with Crippen LogP contribution in [-0.4, -0.2) is 69.0 Å². The predicted octanol–water partition coefficient (Wildman–Crippen LogP) is 4.25. The van der Waals surface area contributed by atoms with Crippen LogP contribution in [0.1, 0.15) is 38.1 Å². The van der Waals surface area contributed by atoms with E-state index >= 15 is 0 Å². The summed E-state index contributed by atoms with van der Waals surface area (Å²) in [5, 5.41) is 5.43. The van der Waals surface area contributed by atoms with E-state index < -0.39 is 26.7 Å². The molecule has 13 heteroatoms. The zero-order valence-corrected chi connectivity index (χ0v) is 24.6. The number of imide groups is 1. The van der Waals surface area contributed by atoms with E-state index in [0.29, 0.717) is 40.8 Å². The fraction of sp³-hybridized carbons (Fsp3) is 0.423. The summed E-state index contributed by atoms with van der Waals surface area (Å²) in [6, 6.07) is 10.9. The molecule has 3 amide bonds. The lowest BCUT2D eigenvalue weighted by Crippen LogP contribution is -2.56. The van der Waals surface area contributed by atoms with Gasteiger partial charge in [-0.15, -0.1) is 0 Å². The molecule has 10 nitrogen and oxygen atoms in total. The van der Waals surface area contributed by atoms with Crippen molar-refractivity contribution in [3.8, 4) is 0 Å². The van der Waals surface area contributed by atoms with Gasteiger partial charge in [0.15, 0.2) is 0 Å². The number of halogens is 1. The smallest absolute Gasteiger partial charge is 0.344 e. The van der Waals surface area contributed by atoms with Crippen molar-refractivity contribution in [2.45, 2.75) is 38.5 Å². The molecule has 1 saturated heterocycles. The van der Waals surface area contributed by atoms with Crippen LogP contribution in [0.2, 0.25) is 5.02 Å². The van der Waals surface area contributed by atoms with Crippen LogP contribution < -0.4 is 19.8 Å². The van der Waals surface area contributed by atoms with Gasteiger partial charge in [-0.1, -0.05) is 48.9 Å². The van der Waals surface area contributed by atoms with Crippen LogP contribution in [-0.2, 0) is 14.8 Å². The first kappa shape index (κ1) is 29.2. The number of amides is 3. The minimum absolute atomic E-state index is 0.0201. The average Bonchev–Trinajstić information content (AvgIpc) is 3.31. The van der Waals surface area contributed by atoms with E-state index in [0.717, 1.165) is 17.0 Å². The number of aromatic nitrogens is 1. The molecule has 0 aliphatic carbocycles. The highest BCUT2D eigenvalue weighted by atomic mass is 35.5. The van der Waals surface area contributed by atoms with E-state index in [1.54, 1.807) is 42.5 Å². The number of rotatable bonds is 8. The van der Waals surface area contributed by atoms with Gasteiger partial charge in [0.25, 0.3) is 15.9 Å². The van der Waals surface area contributed by atoms with E-state index in [4.69, 9.17) is 16.3 Å². The van der Waals surface area contributed by atoms with Gasteiger partial charge in [-0.25, -0.2) is 18.2 Å². The maximum absolute atomic E-state index is 14.0. The van der Waals surface area contributed by atoms with E-state index in [1.165, 1.54) is 13.8 Å². The normalized spacial score (nSPS) is 14.6. The minimum Gasteiger partial charge on any atom is -0.378 e. The number of fused-ring (bicyclic) bond motifs is 1. The number of carbonyl (C=O) groups excluding carboxylic acids is 2. The molecule has 0 atom stereocenters. The van der Waals surface area contributed by atoms with Gasteiger partial charge in [-0.05, 0) is 44.2 Å². The quantitative estimate of drug-likeness (QED) is 0.398. The highest BCUT2D eigenvalue weighted by molar-refractivity contribution is 7.95. The number of sulfonamides is 1. The number of hydrogen-bond donors (Lipinski definition) is 2. The topological polar surface area (TPSA) is 121 Å². The molecule has 4 rings (SSSR count). The fourth-order valence-corrected chi connectivity index (χ4v) is 6.71. The fourth-order valence-electron chi connectivity index (χ4n) is 3.95. The Bertz CT molecular complexity index is 1440. The van der Waals surface area contributed by atoms with Gasteiger partial charge >= 0.3 is 6.03 Å². The van der Waals surface area contributed by atoms with Crippen LogP contribution >= 0.6 is 22.9 Å². The first-order chi connectivity index (χ1) is 18.4. The summed E-state index contributed by atoms with van der Waals surface area (Å²) in [4.78, 5) is 33.4. The second kappa shape index (κ2) is 11.8. The van der Waals surface area contributed by atoms with Crippen LogP contribution in [0.15, 0.2) is 42.5 Å².